The summed E-state index contributed by atoms with van der Waals surface area (Å²) in [7, 11) is 1.84. The summed E-state index contributed by atoms with van der Waals surface area (Å²) in [6, 6.07) is 8.10. The second kappa shape index (κ2) is 10.8. The first-order chi connectivity index (χ1) is 15.5. The molecule has 3 rings (SSSR count). The standard InChI is InChI=1S/C21H25F2N7OS/c1-27-8-2-3-9-31-16-7-6-15(18(22)19(16)23)30(26)21(29-25)14-11-13(12-28-20(14)24)17-5-4-10-32-17/h4-7,10-12,27H,2-3,8-9,25-26H2,1H3,(H2,24,28)/b29-21-. The Labute approximate surface area is 188 Å². The van der Waals surface area contributed by atoms with E-state index < -0.39 is 11.6 Å². The topological polar surface area (TPSA) is 128 Å². The first-order valence-electron chi connectivity index (χ1n) is 9.85. The number of benzene rings is 1. The van der Waals surface area contributed by atoms with Crippen molar-refractivity contribution in [2.45, 2.75) is 12.8 Å². The lowest BCUT2D eigenvalue weighted by molar-refractivity contribution is 0.286. The number of nitrogens with zero attached hydrogens (tertiary/aromatic N) is 3. The fourth-order valence-electron chi connectivity index (χ4n) is 3.01. The molecule has 2 aromatic heterocycles. The van der Waals surface area contributed by atoms with Crippen molar-refractivity contribution < 1.29 is 13.5 Å². The van der Waals surface area contributed by atoms with Gasteiger partial charge < -0.3 is 21.6 Å². The molecule has 0 aliphatic heterocycles. The molecule has 32 heavy (non-hydrogen) atoms. The number of nitrogens with two attached hydrogens (primary N) is 3. The van der Waals surface area contributed by atoms with Gasteiger partial charge in [-0.25, -0.2) is 15.2 Å². The maximum atomic E-state index is 14.8. The molecule has 11 heteroatoms. The van der Waals surface area contributed by atoms with E-state index in [1.54, 1.807) is 12.3 Å². The zero-order chi connectivity index (χ0) is 23.1. The van der Waals surface area contributed by atoms with Gasteiger partial charge in [-0.15, -0.1) is 11.3 Å². The number of ether oxygens (including phenoxy) is 1. The summed E-state index contributed by atoms with van der Waals surface area (Å²) < 4.78 is 34.8. The van der Waals surface area contributed by atoms with E-state index in [2.05, 4.69) is 15.4 Å². The van der Waals surface area contributed by atoms with Crippen molar-refractivity contribution in [1.82, 2.24) is 10.3 Å². The van der Waals surface area contributed by atoms with Gasteiger partial charge in [0, 0.05) is 16.6 Å². The number of rotatable bonds is 9. The van der Waals surface area contributed by atoms with Crippen molar-refractivity contribution >= 4 is 28.7 Å². The number of amidine groups is 1. The van der Waals surface area contributed by atoms with Crippen LogP contribution < -0.4 is 32.5 Å². The number of nitrogen functional groups attached to an aromatic ring is 1. The van der Waals surface area contributed by atoms with Crippen LogP contribution in [0.25, 0.3) is 10.4 Å². The van der Waals surface area contributed by atoms with Crippen LogP contribution in [0.3, 0.4) is 0 Å². The minimum atomic E-state index is -1.19. The van der Waals surface area contributed by atoms with Crippen LogP contribution >= 0.6 is 11.3 Å². The second-order valence-electron chi connectivity index (χ2n) is 6.83. The Bertz CT molecular complexity index is 1080. The quantitative estimate of drug-likeness (QED) is 0.127. The monoisotopic (exact) mass is 461 g/mol. The van der Waals surface area contributed by atoms with E-state index in [0.717, 1.165) is 28.4 Å². The number of pyridine rings is 1. The predicted octanol–water partition coefficient (Wildman–Crippen LogP) is 3.05. The van der Waals surface area contributed by atoms with Crippen LogP contribution in [-0.2, 0) is 0 Å². The molecular formula is C21H25F2N7OS. The van der Waals surface area contributed by atoms with Crippen molar-refractivity contribution in [2.24, 2.45) is 16.8 Å². The molecule has 0 fully saturated rings. The summed E-state index contributed by atoms with van der Waals surface area (Å²) in [6.45, 7) is 1.07. The lowest BCUT2D eigenvalue weighted by atomic mass is 10.1. The van der Waals surface area contributed by atoms with Crippen molar-refractivity contribution in [1.29, 1.82) is 0 Å². The third-order valence-electron chi connectivity index (χ3n) is 4.68. The van der Waals surface area contributed by atoms with Crippen LogP contribution in [-0.4, -0.2) is 31.0 Å². The van der Waals surface area contributed by atoms with Gasteiger partial charge in [0.15, 0.2) is 17.4 Å². The number of unbranched alkanes of at least 4 members (excludes halogenated alkanes) is 1. The number of nitrogens with one attached hydrogen (secondary N) is 1. The van der Waals surface area contributed by atoms with Crippen molar-refractivity contribution in [3.05, 3.63) is 59.1 Å². The molecule has 8 nitrogen and oxygen atoms in total. The molecular weight excluding hydrogens is 436 g/mol. The van der Waals surface area contributed by atoms with Crippen LogP contribution in [0.15, 0.2) is 47.0 Å². The van der Waals surface area contributed by atoms with Gasteiger partial charge in [0.1, 0.15) is 5.82 Å². The molecule has 0 aliphatic rings. The molecule has 2 heterocycles. The lowest BCUT2D eigenvalue weighted by Gasteiger charge is -2.22. The molecule has 0 atom stereocenters. The molecule has 1 aromatic carbocycles. The Morgan fingerprint density at radius 1 is 1.25 bits per heavy atom. The van der Waals surface area contributed by atoms with Crippen LogP contribution in [0.1, 0.15) is 18.4 Å². The first kappa shape index (κ1) is 23.4. The largest absolute Gasteiger partial charge is 0.490 e. The number of hydrazone groups is 1. The van der Waals surface area contributed by atoms with Gasteiger partial charge in [-0.3, -0.25) is 5.01 Å². The summed E-state index contributed by atoms with van der Waals surface area (Å²) in [5.41, 5.74) is 6.76. The summed E-state index contributed by atoms with van der Waals surface area (Å²) in [5.74, 6) is 9.10. The first-order valence-corrected chi connectivity index (χ1v) is 10.7. The smallest absolute Gasteiger partial charge is 0.202 e. The minimum Gasteiger partial charge on any atom is -0.490 e. The second-order valence-corrected chi connectivity index (χ2v) is 7.77. The Morgan fingerprint density at radius 2 is 2.06 bits per heavy atom. The van der Waals surface area contributed by atoms with Crippen LogP contribution in [0.2, 0.25) is 0 Å². The molecule has 0 saturated heterocycles. The maximum Gasteiger partial charge on any atom is 0.202 e. The summed E-state index contributed by atoms with van der Waals surface area (Å²) in [6.07, 6.45) is 3.15. The zero-order valence-corrected chi connectivity index (χ0v) is 18.3. The molecule has 0 unspecified atom stereocenters. The molecule has 0 saturated carbocycles. The number of hydrogen-bond donors (Lipinski definition) is 4. The maximum absolute atomic E-state index is 14.8. The van der Waals surface area contributed by atoms with Gasteiger partial charge in [-0.2, -0.15) is 9.49 Å². The highest BCUT2D eigenvalue weighted by atomic mass is 32.1. The Hall–Kier alpha value is -3.28. The lowest BCUT2D eigenvalue weighted by Crippen LogP contribution is -2.40. The van der Waals surface area contributed by atoms with Gasteiger partial charge >= 0.3 is 0 Å². The fraction of sp³-hybridized carbons (Fsp3) is 0.238. The summed E-state index contributed by atoms with van der Waals surface area (Å²) in [4.78, 5) is 5.10. The molecule has 0 radical (unpaired) electrons. The van der Waals surface area contributed by atoms with E-state index >= 15 is 0 Å². The molecule has 7 N–H and O–H groups in total. The fourth-order valence-corrected chi connectivity index (χ4v) is 3.72. The van der Waals surface area contributed by atoms with Crippen LogP contribution in [0.5, 0.6) is 5.75 Å². The van der Waals surface area contributed by atoms with Gasteiger partial charge in [0.25, 0.3) is 0 Å². The van der Waals surface area contributed by atoms with E-state index in [1.165, 1.54) is 23.5 Å². The average molecular weight is 462 g/mol. The van der Waals surface area contributed by atoms with Crippen LogP contribution in [0.4, 0.5) is 20.3 Å². The van der Waals surface area contributed by atoms with Crippen molar-refractivity contribution in [3.63, 3.8) is 0 Å². The number of hydrogen-bond acceptors (Lipinski definition) is 8. The average Bonchev–Trinajstić information content (AvgIpc) is 3.33. The Kier molecular flexibility index (Phi) is 7.92. The number of anilines is 2. The zero-order valence-electron chi connectivity index (χ0n) is 17.5. The van der Waals surface area contributed by atoms with Gasteiger partial charge in [0.05, 0.1) is 17.9 Å². The molecule has 0 aliphatic carbocycles. The van der Waals surface area contributed by atoms with Crippen molar-refractivity contribution in [3.8, 4) is 16.2 Å². The molecule has 170 valence electrons. The summed E-state index contributed by atoms with van der Waals surface area (Å²) in [5, 5.41) is 9.42. The van der Waals surface area contributed by atoms with Gasteiger partial charge in [-0.05, 0) is 56.1 Å². The third kappa shape index (κ3) is 5.13. The molecule has 0 bridgehead atoms. The summed E-state index contributed by atoms with van der Waals surface area (Å²) >= 11 is 1.51. The highest BCUT2D eigenvalue weighted by Gasteiger charge is 2.23. The van der Waals surface area contributed by atoms with E-state index in [-0.39, 0.29) is 35.3 Å². The van der Waals surface area contributed by atoms with Gasteiger partial charge in [0.2, 0.25) is 5.82 Å². The minimum absolute atomic E-state index is 0.0764. The highest BCUT2D eigenvalue weighted by molar-refractivity contribution is 7.13. The molecule has 0 amide bonds. The molecule has 3 aromatic rings. The SMILES string of the molecule is CNCCCCOc1ccc(N(N)/C(=N\N)c2cc(-c3cccs3)cnc2N)c(F)c1F. The van der Waals surface area contributed by atoms with Gasteiger partial charge in [-0.1, -0.05) is 6.07 Å². The Morgan fingerprint density at radius 3 is 2.75 bits per heavy atom. The van der Waals surface area contributed by atoms with E-state index in [1.807, 2.05) is 24.6 Å². The number of hydrazine groups is 1. The number of halogens is 2. The van der Waals surface area contributed by atoms with E-state index in [4.69, 9.17) is 22.2 Å². The van der Waals surface area contributed by atoms with E-state index in [0.29, 0.717) is 6.42 Å². The normalized spacial score (nSPS) is 11.6. The number of thiophene rings is 1. The van der Waals surface area contributed by atoms with Crippen LogP contribution in [0, 0.1) is 11.6 Å². The highest BCUT2D eigenvalue weighted by Crippen LogP contribution is 2.30. The molecule has 0 spiro atoms. The van der Waals surface area contributed by atoms with E-state index in [9.17, 15) is 8.78 Å². The van der Waals surface area contributed by atoms with Crippen molar-refractivity contribution in [2.75, 3.05) is 30.9 Å². The Balaban J connectivity index is 1.85. The predicted molar refractivity (Wildman–Crippen MR) is 124 cm³/mol. The third-order valence-corrected chi connectivity index (χ3v) is 5.60. The number of aromatic nitrogens is 1.